The lowest BCUT2D eigenvalue weighted by Crippen LogP contribution is -2.15. The lowest BCUT2D eigenvalue weighted by atomic mass is 10.0. The lowest BCUT2D eigenvalue weighted by Gasteiger charge is -2.13. The van der Waals surface area contributed by atoms with E-state index in [-0.39, 0.29) is 11.6 Å². The van der Waals surface area contributed by atoms with Crippen LogP contribution in [0.4, 0.5) is 14.5 Å². The average Bonchev–Trinajstić information content (AvgIpc) is 2.88. The van der Waals surface area contributed by atoms with Crippen molar-refractivity contribution in [2.45, 2.75) is 4.90 Å². The molecule has 180 valence electrons. The maximum Gasteiger partial charge on any atom is 0.264 e. The summed E-state index contributed by atoms with van der Waals surface area (Å²) in [7, 11) is -3.11. The van der Waals surface area contributed by atoms with Crippen LogP contribution in [0.15, 0.2) is 78.5 Å². The molecule has 0 amide bonds. The van der Waals surface area contributed by atoms with E-state index in [1.165, 1.54) is 25.7 Å². The number of halogens is 2. The highest BCUT2D eigenvalue weighted by molar-refractivity contribution is 7.92. The van der Waals surface area contributed by atoms with Gasteiger partial charge in [0.15, 0.2) is 5.65 Å². The second-order valence-electron chi connectivity index (χ2n) is 7.51. The molecule has 4 heterocycles. The molecule has 0 saturated carbocycles. The normalized spacial score (nSPS) is 11.4. The van der Waals surface area contributed by atoms with E-state index in [4.69, 9.17) is 4.74 Å². The molecular weight excluding hydrogens is 490 g/mol. The van der Waals surface area contributed by atoms with Gasteiger partial charge in [0.2, 0.25) is 5.88 Å². The summed E-state index contributed by atoms with van der Waals surface area (Å²) in [6.45, 7) is 0. The predicted molar refractivity (Wildman–Crippen MR) is 128 cm³/mol. The molecule has 36 heavy (non-hydrogen) atoms. The third kappa shape index (κ3) is 4.41. The molecule has 4 aromatic heterocycles. The van der Waals surface area contributed by atoms with E-state index >= 15 is 0 Å². The van der Waals surface area contributed by atoms with Gasteiger partial charge in [0, 0.05) is 52.9 Å². The first-order valence-corrected chi connectivity index (χ1v) is 11.9. The Morgan fingerprint density at radius 3 is 2.36 bits per heavy atom. The van der Waals surface area contributed by atoms with Crippen molar-refractivity contribution >= 4 is 26.7 Å². The smallest absolute Gasteiger partial charge is 0.264 e. The number of benzene rings is 1. The molecule has 1 N–H and O–H groups in total. The first kappa shape index (κ1) is 23.2. The number of aromatic nitrogens is 5. The van der Waals surface area contributed by atoms with Gasteiger partial charge >= 0.3 is 0 Å². The number of hydrogen-bond donors (Lipinski definition) is 1. The number of nitrogens with zero attached hydrogens (tertiary/aromatic N) is 5. The zero-order chi connectivity index (χ0) is 25.3. The van der Waals surface area contributed by atoms with Crippen molar-refractivity contribution in [3.05, 3.63) is 85.2 Å². The molecule has 5 aromatic rings. The summed E-state index contributed by atoms with van der Waals surface area (Å²) in [5.41, 5.74) is 2.97. The van der Waals surface area contributed by atoms with Crippen molar-refractivity contribution in [3.63, 3.8) is 0 Å². The molecule has 1 aromatic carbocycles. The SMILES string of the molecule is COc1ncc(-c2cnc3ncnc(-c4ccncc4)c3c2)cc1NS(=O)(=O)c1ccc(F)cc1F. The predicted octanol–water partition coefficient (Wildman–Crippen LogP) is 4.24. The Balaban J connectivity index is 1.58. The molecule has 0 aliphatic heterocycles. The van der Waals surface area contributed by atoms with Crippen molar-refractivity contribution in [2.75, 3.05) is 11.8 Å². The number of anilines is 1. The minimum Gasteiger partial charge on any atom is -0.480 e. The van der Waals surface area contributed by atoms with Gasteiger partial charge in [-0.15, -0.1) is 0 Å². The van der Waals surface area contributed by atoms with E-state index in [0.717, 1.165) is 17.7 Å². The molecule has 0 atom stereocenters. The van der Waals surface area contributed by atoms with E-state index in [9.17, 15) is 17.2 Å². The Morgan fingerprint density at radius 2 is 1.61 bits per heavy atom. The number of sulfonamides is 1. The summed E-state index contributed by atoms with van der Waals surface area (Å²) in [6, 6.07) is 9.08. The van der Waals surface area contributed by atoms with E-state index in [1.54, 1.807) is 24.7 Å². The molecular formula is C24H16F2N6O3S. The van der Waals surface area contributed by atoms with Crippen LogP contribution in [-0.2, 0) is 10.0 Å². The Labute approximate surface area is 204 Å². The number of nitrogens with one attached hydrogen (secondary N) is 1. The van der Waals surface area contributed by atoms with Gasteiger partial charge < -0.3 is 4.74 Å². The fourth-order valence-electron chi connectivity index (χ4n) is 3.58. The quantitative estimate of drug-likeness (QED) is 0.363. The van der Waals surface area contributed by atoms with Crippen LogP contribution in [0.1, 0.15) is 0 Å². The second kappa shape index (κ2) is 9.23. The maximum atomic E-state index is 14.2. The standard InChI is InChI=1S/C24H16F2N6O3S/c1-35-24-20(32-36(33,34)21-3-2-17(25)10-19(21)26)9-16(12-29-24)15-8-18-22(14-4-6-27-7-5-14)30-13-31-23(18)28-11-15/h2-13,32H,1H3. The number of fused-ring (bicyclic) bond motifs is 1. The van der Waals surface area contributed by atoms with Gasteiger partial charge in [0.25, 0.3) is 10.0 Å². The molecule has 0 aliphatic carbocycles. The van der Waals surface area contributed by atoms with Crippen molar-refractivity contribution < 1.29 is 21.9 Å². The van der Waals surface area contributed by atoms with Gasteiger partial charge in [-0.05, 0) is 36.4 Å². The summed E-state index contributed by atoms with van der Waals surface area (Å²) in [5.74, 6) is -2.17. The van der Waals surface area contributed by atoms with Crippen molar-refractivity contribution in [2.24, 2.45) is 0 Å². The van der Waals surface area contributed by atoms with E-state index in [0.29, 0.717) is 33.9 Å². The minimum absolute atomic E-state index is 0.0422. The van der Waals surface area contributed by atoms with Crippen molar-refractivity contribution in [1.82, 2.24) is 24.9 Å². The molecule has 12 heteroatoms. The Bertz CT molecular complexity index is 1700. The highest BCUT2D eigenvalue weighted by Gasteiger charge is 2.22. The Morgan fingerprint density at radius 1 is 0.861 bits per heavy atom. The van der Waals surface area contributed by atoms with Gasteiger partial charge in [-0.3, -0.25) is 9.71 Å². The number of methoxy groups -OCH3 is 1. The average molecular weight is 506 g/mol. The van der Waals surface area contributed by atoms with Gasteiger partial charge in [0.1, 0.15) is 28.5 Å². The number of hydrogen-bond acceptors (Lipinski definition) is 8. The summed E-state index contributed by atoms with van der Waals surface area (Å²) >= 11 is 0. The van der Waals surface area contributed by atoms with Gasteiger partial charge in [-0.2, -0.15) is 0 Å². The van der Waals surface area contributed by atoms with Crippen LogP contribution >= 0.6 is 0 Å². The molecule has 0 fully saturated rings. The van der Waals surface area contributed by atoms with E-state index < -0.39 is 26.6 Å². The number of ether oxygens (including phenoxy) is 1. The zero-order valence-electron chi connectivity index (χ0n) is 18.6. The van der Waals surface area contributed by atoms with Gasteiger partial charge in [-0.25, -0.2) is 37.1 Å². The molecule has 0 unspecified atom stereocenters. The van der Waals surface area contributed by atoms with Crippen molar-refractivity contribution in [3.8, 4) is 28.3 Å². The molecule has 0 aliphatic rings. The van der Waals surface area contributed by atoms with Crippen LogP contribution in [0.5, 0.6) is 5.88 Å². The largest absolute Gasteiger partial charge is 0.480 e. The Kier molecular flexibility index (Phi) is 5.94. The van der Waals surface area contributed by atoms with Crippen LogP contribution in [0.3, 0.4) is 0 Å². The first-order chi connectivity index (χ1) is 17.4. The zero-order valence-corrected chi connectivity index (χ0v) is 19.4. The number of rotatable bonds is 6. The summed E-state index contributed by atoms with van der Waals surface area (Å²) in [4.78, 5) is 20.5. The van der Waals surface area contributed by atoms with Crippen LogP contribution in [0.25, 0.3) is 33.4 Å². The molecule has 0 bridgehead atoms. The topological polar surface area (TPSA) is 120 Å². The fraction of sp³-hybridized carbons (Fsp3) is 0.0417. The van der Waals surface area contributed by atoms with E-state index in [1.807, 2.05) is 12.1 Å². The van der Waals surface area contributed by atoms with Crippen molar-refractivity contribution in [1.29, 1.82) is 0 Å². The van der Waals surface area contributed by atoms with Crippen LogP contribution < -0.4 is 9.46 Å². The lowest BCUT2D eigenvalue weighted by molar-refractivity contribution is 0.400. The van der Waals surface area contributed by atoms with Crippen LogP contribution in [-0.4, -0.2) is 40.4 Å². The minimum atomic E-state index is -4.42. The molecule has 0 spiro atoms. The first-order valence-electron chi connectivity index (χ1n) is 10.4. The molecule has 0 radical (unpaired) electrons. The third-order valence-electron chi connectivity index (χ3n) is 5.25. The highest BCUT2D eigenvalue weighted by Crippen LogP contribution is 2.33. The fourth-order valence-corrected chi connectivity index (χ4v) is 4.69. The molecule has 5 rings (SSSR count). The molecule has 0 saturated heterocycles. The number of pyridine rings is 3. The van der Waals surface area contributed by atoms with Crippen LogP contribution in [0, 0.1) is 11.6 Å². The van der Waals surface area contributed by atoms with Crippen LogP contribution in [0.2, 0.25) is 0 Å². The second-order valence-corrected chi connectivity index (χ2v) is 9.17. The summed E-state index contributed by atoms with van der Waals surface area (Å²) in [5, 5.41) is 0.660. The van der Waals surface area contributed by atoms with Gasteiger partial charge in [0.05, 0.1) is 12.8 Å². The maximum absolute atomic E-state index is 14.2. The Hall–Kier alpha value is -4.58. The van der Waals surface area contributed by atoms with Gasteiger partial charge in [-0.1, -0.05) is 0 Å². The molecule has 9 nitrogen and oxygen atoms in total. The summed E-state index contributed by atoms with van der Waals surface area (Å²) < 4.78 is 60.6. The summed E-state index contributed by atoms with van der Waals surface area (Å²) in [6.07, 6.45) is 7.76. The highest BCUT2D eigenvalue weighted by atomic mass is 32.2. The monoisotopic (exact) mass is 506 g/mol. The third-order valence-corrected chi connectivity index (χ3v) is 6.65. The van der Waals surface area contributed by atoms with E-state index in [2.05, 4.69) is 29.6 Å².